The average Bonchev–Trinajstić information content (AvgIpc) is 3.21. The van der Waals surface area contributed by atoms with Crippen molar-refractivity contribution in [3.8, 4) is 0 Å². The number of aliphatic hydroxyl groups excluding tert-OH is 5. The van der Waals surface area contributed by atoms with Crippen LogP contribution in [0.1, 0.15) is 194 Å². The predicted molar refractivity (Wildman–Crippen MR) is 230 cm³/mol. The van der Waals surface area contributed by atoms with E-state index >= 15 is 0 Å². The third kappa shape index (κ3) is 28.5. The summed E-state index contributed by atoms with van der Waals surface area (Å²) in [5.41, 5.74) is 0. The molecule has 1 saturated carbocycles. The molecule has 6 N–H and O–H groups in total. The van der Waals surface area contributed by atoms with Crippen molar-refractivity contribution in [3.63, 3.8) is 0 Å². The molecule has 346 valence electrons. The molecule has 13 nitrogen and oxygen atoms in total. The van der Waals surface area contributed by atoms with Gasteiger partial charge in [0.1, 0.15) is 43.2 Å². The Morgan fingerprint density at radius 3 is 1.41 bits per heavy atom. The Balaban J connectivity index is 2.48. The summed E-state index contributed by atoms with van der Waals surface area (Å²) in [7, 11) is -5.12. The molecule has 0 aromatic rings. The molecule has 59 heavy (non-hydrogen) atoms. The normalized spacial score (nSPS) is 22.5. The van der Waals surface area contributed by atoms with Gasteiger partial charge in [-0.3, -0.25) is 18.6 Å². The molecule has 0 amide bonds. The second kappa shape index (κ2) is 35.9. The summed E-state index contributed by atoms with van der Waals surface area (Å²) in [4.78, 5) is 35.7. The highest BCUT2D eigenvalue weighted by Crippen LogP contribution is 2.47. The maximum atomic E-state index is 12.8. The molecular weight excluding hydrogens is 779 g/mol. The van der Waals surface area contributed by atoms with Crippen molar-refractivity contribution < 1.29 is 63.1 Å². The molecule has 1 aliphatic rings. The van der Waals surface area contributed by atoms with E-state index in [2.05, 4.69) is 38.2 Å². The number of aliphatic hydroxyl groups is 5. The first-order valence-electron chi connectivity index (χ1n) is 23.1. The van der Waals surface area contributed by atoms with Crippen LogP contribution in [0.2, 0.25) is 0 Å². The van der Waals surface area contributed by atoms with E-state index in [9.17, 15) is 44.6 Å². The largest absolute Gasteiger partial charge is 0.472 e. The third-order valence-electron chi connectivity index (χ3n) is 10.8. The number of carbonyl (C=O) groups excluding carboxylic acids is 2. The molecule has 0 heterocycles. The van der Waals surface area contributed by atoms with E-state index in [4.69, 9.17) is 18.5 Å². The zero-order chi connectivity index (χ0) is 43.6. The van der Waals surface area contributed by atoms with Gasteiger partial charge in [-0.15, -0.1) is 0 Å². The van der Waals surface area contributed by atoms with Crippen molar-refractivity contribution in [1.82, 2.24) is 0 Å². The van der Waals surface area contributed by atoms with Crippen LogP contribution < -0.4 is 0 Å². The molecule has 6 unspecified atom stereocenters. The van der Waals surface area contributed by atoms with Crippen molar-refractivity contribution in [3.05, 3.63) is 24.3 Å². The molecule has 0 spiro atoms. The standard InChI is InChI=1S/C45H83O13P/c1-3-5-7-9-11-13-15-17-19-21-23-25-27-29-31-33-38(46)55-35-37(36-56-59(53,54)58-45-43(51)41(49)40(48)42(50)44(45)52)57-39(47)34-32-30-28-26-24-22-20-18-16-14-12-10-8-6-4-2/h17,19,23,25,37,40-45,48-52H,3-16,18,20-22,24,26-36H2,1-2H3,(H,53,54)/b19-17+,25-23+/t37-,40?,41-,42?,43?,44?,45?/m1/s1. The molecule has 0 aromatic heterocycles. The van der Waals surface area contributed by atoms with Crippen LogP contribution in [0.3, 0.4) is 0 Å². The number of ether oxygens (including phenoxy) is 2. The van der Waals surface area contributed by atoms with Gasteiger partial charge in [-0.2, -0.15) is 0 Å². The fourth-order valence-electron chi connectivity index (χ4n) is 7.02. The first kappa shape index (κ1) is 55.3. The predicted octanol–water partition coefficient (Wildman–Crippen LogP) is 8.84. The van der Waals surface area contributed by atoms with Gasteiger partial charge in [0.15, 0.2) is 6.10 Å². The van der Waals surface area contributed by atoms with Gasteiger partial charge in [-0.25, -0.2) is 4.57 Å². The summed E-state index contributed by atoms with van der Waals surface area (Å²) in [6.07, 6.45) is 25.2. The monoisotopic (exact) mass is 863 g/mol. The highest BCUT2D eigenvalue weighted by atomic mass is 31.2. The minimum absolute atomic E-state index is 0.0942. The van der Waals surface area contributed by atoms with Crippen LogP contribution in [0.5, 0.6) is 0 Å². The summed E-state index contributed by atoms with van der Waals surface area (Å²) >= 11 is 0. The third-order valence-corrected chi connectivity index (χ3v) is 11.8. The van der Waals surface area contributed by atoms with Crippen LogP contribution in [0.25, 0.3) is 0 Å². The molecule has 14 heteroatoms. The molecule has 0 aromatic carbocycles. The Morgan fingerprint density at radius 1 is 0.525 bits per heavy atom. The molecule has 0 radical (unpaired) electrons. The lowest BCUT2D eigenvalue weighted by atomic mass is 9.85. The highest BCUT2D eigenvalue weighted by Gasteiger charge is 2.51. The van der Waals surface area contributed by atoms with E-state index < -0.39 is 75.7 Å². The lowest BCUT2D eigenvalue weighted by Crippen LogP contribution is -2.64. The van der Waals surface area contributed by atoms with E-state index in [1.54, 1.807) is 0 Å². The maximum absolute atomic E-state index is 12.8. The highest BCUT2D eigenvalue weighted by molar-refractivity contribution is 7.47. The fraction of sp³-hybridized carbons (Fsp3) is 0.867. The van der Waals surface area contributed by atoms with Gasteiger partial charge in [0.25, 0.3) is 0 Å². The van der Waals surface area contributed by atoms with Crippen molar-refractivity contribution >= 4 is 19.8 Å². The zero-order valence-electron chi connectivity index (χ0n) is 36.6. The quantitative estimate of drug-likeness (QED) is 0.0149. The Bertz CT molecular complexity index is 1130. The molecule has 8 atom stereocenters. The number of unbranched alkanes of at least 4 members (excludes halogenated alkanes) is 22. The molecule has 0 aliphatic heterocycles. The Hall–Kier alpha value is -1.67. The number of hydrogen-bond donors (Lipinski definition) is 6. The second-order valence-corrected chi connectivity index (χ2v) is 17.7. The summed E-state index contributed by atoms with van der Waals surface area (Å²) in [6, 6.07) is 0. The average molecular weight is 863 g/mol. The van der Waals surface area contributed by atoms with Gasteiger partial charge >= 0.3 is 19.8 Å². The van der Waals surface area contributed by atoms with Crippen LogP contribution in [-0.2, 0) is 32.7 Å². The van der Waals surface area contributed by atoms with E-state index in [1.807, 2.05) is 0 Å². The van der Waals surface area contributed by atoms with Crippen LogP contribution in [0, 0.1) is 0 Å². The molecule has 1 aliphatic carbocycles. The van der Waals surface area contributed by atoms with Crippen molar-refractivity contribution in [2.45, 2.75) is 236 Å². The molecule has 1 rings (SSSR count). The van der Waals surface area contributed by atoms with Crippen LogP contribution in [-0.4, -0.2) is 98.3 Å². The number of phosphoric acid groups is 1. The Morgan fingerprint density at radius 2 is 0.915 bits per heavy atom. The van der Waals surface area contributed by atoms with Crippen LogP contribution in [0.15, 0.2) is 24.3 Å². The zero-order valence-corrected chi connectivity index (χ0v) is 37.4. The minimum atomic E-state index is -5.12. The summed E-state index contributed by atoms with van der Waals surface area (Å²) in [6.45, 7) is 3.27. The number of carbonyl (C=O) groups is 2. The Kier molecular flexibility index (Phi) is 33.7. The van der Waals surface area contributed by atoms with Gasteiger partial charge < -0.3 is 39.9 Å². The number of allylic oxidation sites excluding steroid dienone is 4. The number of esters is 2. The minimum Gasteiger partial charge on any atom is -0.462 e. The van der Waals surface area contributed by atoms with Gasteiger partial charge in [0.05, 0.1) is 6.61 Å². The first-order valence-corrected chi connectivity index (χ1v) is 24.6. The maximum Gasteiger partial charge on any atom is 0.472 e. The lowest BCUT2D eigenvalue weighted by Gasteiger charge is -2.41. The van der Waals surface area contributed by atoms with Crippen molar-refractivity contribution in [1.29, 1.82) is 0 Å². The topological polar surface area (TPSA) is 210 Å². The first-order chi connectivity index (χ1) is 28.4. The number of rotatable bonds is 38. The number of phosphoric ester groups is 1. The molecule has 0 saturated heterocycles. The second-order valence-electron chi connectivity index (χ2n) is 16.3. The molecular formula is C45H83O13P. The van der Waals surface area contributed by atoms with Gasteiger partial charge in [-0.1, -0.05) is 160 Å². The Labute approximate surface area is 356 Å². The van der Waals surface area contributed by atoms with E-state index in [1.165, 1.54) is 103 Å². The lowest BCUT2D eigenvalue weighted by molar-refractivity contribution is -0.220. The molecule has 0 bridgehead atoms. The summed E-state index contributed by atoms with van der Waals surface area (Å²) in [5, 5.41) is 50.1. The smallest absolute Gasteiger partial charge is 0.462 e. The van der Waals surface area contributed by atoms with E-state index in [0.29, 0.717) is 12.8 Å². The van der Waals surface area contributed by atoms with E-state index in [-0.39, 0.29) is 12.8 Å². The fourth-order valence-corrected chi connectivity index (χ4v) is 8.00. The van der Waals surface area contributed by atoms with Crippen LogP contribution in [0.4, 0.5) is 0 Å². The van der Waals surface area contributed by atoms with Gasteiger partial charge in [-0.05, 0) is 44.9 Å². The van der Waals surface area contributed by atoms with Crippen molar-refractivity contribution in [2.75, 3.05) is 13.2 Å². The van der Waals surface area contributed by atoms with Gasteiger partial charge in [0, 0.05) is 12.8 Å². The number of hydrogen-bond acceptors (Lipinski definition) is 12. The van der Waals surface area contributed by atoms with Gasteiger partial charge in [0.2, 0.25) is 0 Å². The molecule has 1 fully saturated rings. The summed E-state index contributed by atoms with van der Waals surface area (Å²) in [5.74, 6) is -1.13. The van der Waals surface area contributed by atoms with Crippen LogP contribution >= 0.6 is 7.82 Å². The van der Waals surface area contributed by atoms with E-state index in [0.717, 1.165) is 51.4 Å². The van der Waals surface area contributed by atoms with Crippen molar-refractivity contribution in [2.24, 2.45) is 0 Å². The summed E-state index contributed by atoms with van der Waals surface area (Å²) < 4.78 is 33.5. The SMILES string of the molecule is CCCCCCCC/C=C/C/C=C/CCCCC(=O)OC[C@H](COP(=O)(O)OC1C(O)C(O)C(O)[C@@H](O)C1O)OC(=O)CCCCCCCCCCCCCCCCC.